The average molecular weight is 353 g/mol. The summed E-state index contributed by atoms with van der Waals surface area (Å²) in [5.41, 5.74) is 5.43. The zero-order valence-electron chi connectivity index (χ0n) is 12.7. The average Bonchev–Trinajstić information content (AvgIpc) is 2.56. The van der Waals surface area contributed by atoms with Crippen molar-refractivity contribution in [1.29, 1.82) is 0 Å². The number of methoxy groups -OCH3 is 1. The number of rotatable bonds is 6. The molecule has 0 fully saturated rings. The van der Waals surface area contributed by atoms with E-state index in [2.05, 4.69) is 5.43 Å². The molecule has 3 N–H and O–H groups in total. The van der Waals surface area contributed by atoms with Crippen LogP contribution in [-0.2, 0) is 22.4 Å². The van der Waals surface area contributed by atoms with Gasteiger partial charge < -0.3 is 4.74 Å². The number of hydrogen-bond donors (Lipinski definition) is 2. The van der Waals surface area contributed by atoms with E-state index < -0.39 is 6.04 Å². The van der Waals surface area contributed by atoms with E-state index in [9.17, 15) is 4.79 Å². The summed E-state index contributed by atoms with van der Waals surface area (Å²) in [4.78, 5) is 11.5. The summed E-state index contributed by atoms with van der Waals surface area (Å²) in [6.07, 6.45) is 1.10. The number of nitrogens with two attached hydrogens (primary N) is 1. The van der Waals surface area contributed by atoms with Gasteiger partial charge in [0.2, 0.25) is 0 Å². The lowest BCUT2D eigenvalue weighted by Gasteiger charge is -2.13. The lowest BCUT2D eigenvalue weighted by molar-refractivity contribution is -0.143. The Kier molecular flexibility index (Phi) is 6.42. The molecule has 0 spiro atoms. The molecule has 0 aliphatic heterocycles. The number of ether oxygens (including phenoxy) is 1. The van der Waals surface area contributed by atoms with E-state index >= 15 is 0 Å². The van der Waals surface area contributed by atoms with Gasteiger partial charge in [-0.3, -0.25) is 10.6 Å². The normalized spacial score (nSPS) is 12.0. The van der Waals surface area contributed by atoms with Crippen LogP contribution in [0.25, 0.3) is 0 Å². The minimum atomic E-state index is -0.566. The second kappa shape index (κ2) is 8.31. The molecule has 0 aromatic heterocycles. The minimum absolute atomic E-state index is 0.389. The fraction of sp³-hybridized carbons (Fsp3) is 0.235. The van der Waals surface area contributed by atoms with Crippen LogP contribution in [0.15, 0.2) is 42.5 Å². The first-order valence-corrected chi connectivity index (χ1v) is 7.85. The topological polar surface area (TPSA) is 64.3 Å². The van der Waals surface area contributed by atoms with Gasteiger partial charge >= 0.3 is 5.97 Å². The summed E-state index contributed by atoms with van der Waals surface area (Å²) >= 11 is 12.4. The van der Waals surface area contributed by atoms with Gasteiger partial charge in [0.15, 0.2) is 0 Å². The second-order valence-corrected chi connectivity index (χ2v) is 5.95. The molecule has 0 saturated carbocycles. The molecule has 4 nitrogen and oxygen atoms in total. The van der Waals surface area contributed by atoms with Crippen molar-refractivity contribution in [3.8, 4) is 0 Å². The van der Waals surface area contributed by atoms with Gasteiger partial charge in [0.05, 0.1) is 7.11 Å². The van der Waals surface area contributed by atoms with Crippen LogP contribution in [0.2, 0.25) is 10.0 Å². The predicted octanol–water partition coefficient (Wildman–Crippen LogP) is 3.13. The van der Waals surface area contributed by atoms with E-state index in [1.165, 1.54) is 7.11 Å². The molecule has 2 aromatic carbocycles. The Morgan fingerprint density at radius 2 is 1.70 bits per heavy atom. The Balaban J connectivity index is 2.09. The molecule has 0 aliphatic carbocycles. The lowest BCUT2D eigenvalue weighted by atomic mass is 10.0. The van der Waals surface area contributed by atoms with E-state index in [1.54, 1.807) is 0 Å². The van der Waals surface area contributed by atoms with E-state index in [4.69, 9.17) is 33.8 Å². The van der Waals surface area contributed by atoms with Crippen LogP contribution in [0, 0.1) is 0 Å². The van der Waals surface area contributed by atoms with Gasteiger partial charge in [0.1, 0.15) is 6.04 Å². The second-order valence-electron chi connectivity index (χ2n) is 5.14. The molecule has 23 heavy (non-hydrogen) atoms. The number of carbonyl (C=O) groups excluding carboxylic acids is 1. The van der Waals surface area contributed by atoms with E-state index in [-0.39, 0.29) is 5.97 Å². The van der Waals surface area contributed by atoms with E-state index in [0.29, 0.717) is 22.9 Å². The summed E-state index contributed by atoms with van der Waals surface area (Å²) in [7, 11) is 1.34. The Labute approximate surface area is 145 Å². The van der Waals surface area contributed by atoms with Crippen molar-refractivity contribution in [2.45, 2.75) is 18.9 Å². The van der Waals surface area contributed by atoms with Gasteiger partial charge in [-0.15, -0.1) is 0 Å². The molecule has 6 heteroatoms. The number of nitrogens with one attached hydrogen (secondary N) is 1. The van der Waals surface area contributed by atoms with E-state index in [0.717, 1.165) is 16.7 Å². The maximum absolute atomic E-state index is 11.5. The van der Waals surface area contributed by atoms with Crippen molar-refractivity contribution in [2.24, 2.45) is 5.84 Å². The first-order valence-electron chi connectivity index (χ1n) is 7.09. The summed E-state index contributed by atoms with van der Waals surface area (Å²) in [5, 5.41) is 1.30. The van der Waals surface area contributed by atoms with Crippen LogP contribution in [0.1, 0.15) is 16.7 Å². The fourth-order valence-electron chi connectivity index (χ4n) is 2.29. The monoisotopic (exact) mass is 352 g/mol. The van der Waals surface area contributed by atoms with Crippen molar-refractivity contribution < 1.29 is 9.53 Å². The molecule has 0 saturated heterocycles. The van der Waals surface area contributed by atoms with Crippen LogP contribution in [0.4, 0.5) is 0 Å². The molecule has 2 rings (SSSR count). The van der Waals surface area contributed by atoms with Crippen molar-refractivity contribution in [3.05, 3.63) is 69.2 Å². The molecule has 122 valence electrons. The van der Waals surface area contributed by atoms with Crippen LogP contribution >= 0.6 is 23.2 Å². The lowest BCUT2D eigenvalue weighted by Crippen LogP contribution is -2.43. The third kappa shape index (κ3) is 4.69. The van der Waals surface area contributed by atoms with Gasteiger partial charge in [-0.2, -0.15) is 0 Å². The predicted molar refractivity (Wildman–Crippen MR) is 92.5 cm³/mol. The SMILES string of the molecule is COC(=O)[C@H](Cc1ccc(Cc2c(Cl)cccc2Cl)cc1)NN. The molecule has 0 radical (unpaired) electrons. The molecule has 0 bridgehead atoms. The van der Waals surface area contributed by atoms with Crippen molar-refractivity contribution in [2.75, 3.05) is 7.11 Å². The van der Waals surface area contributed by atoms with Crippen LogP contribution in [-0.4, -0.2) is 19.1 Å². The molecule has 0 aliphatic rings. The zero-order valence-corrected chi connectivity index (χ0v) is 14.2. The van der Waals surface area contributed by atoms with Gasteiger partial charge in [-0.05, 0) is 35.2 Å². The summed E-state index contributed by atoms with van der Waals surface area (Å²) in [5.74, 6) is 4.99. The van der Waals surface area contributed by atoms with Crippen LogP contribution in [0.3, 0.4) is 0 Å². The molecule has 0 unspecified atom stereocenters. The molecule has 0 heterocycles. The maximum Gasteiger partial charge on any atom is 0.324 e. The summed E-state index contributed by atoms with van der Waals surface area (Å²) in [6.45, 7) is 0. The number of hydrazine groups is 1. The fourth-order valence-corrected chi connectivity index (χ4v) is 2.82. The Hall–Kier alpha value is -1.59. The zero-order chi connectivity index (χ0) is 16.8. The van der Waals surface area contributed by atoms with Crippen molar-refractivity contribution >= 4 is 29.2 Å². The number of esters is 1. The smallest absolute Gasteiger partial charge is 0.324 e. The maximum atomic E-state index is 11.5. The highest BCUT2D eigenvalue weighted by molar-refractivity contribution is 6.36. The third-order valence-electron chi connectivity index (χ3n) is 3.59. The molecular formula is C17H18Cl2N2O2. The van der Waals surface area contributed by atoms with E-state index in [1.807, 2.05) is 42.5 Å². The third-order valence-corrected chi connectivity index (χ3v) is 4.30. The standard InChI is InChI=1S/C17H18Cl2N2O2/c1-23-17(22)16(21-20)10-12-7-5-11(6-8-12)9-13-14(18)3-2-4-15(13)19/h2-8,16,21H,9-10,20H2,1H3/t16-/m0/s1. The Bertz CT molecular complexity index is 655. The molecule has 2 aromatic rings. The molecular weight excluding hydrogens is 335 g/mol. The van der Waals surface area contributed by atoms with Crippen LogP contribution in [0.5, 0.6) is 0 Å². The quantitative estimate of drug-likeness (QED) is 0.476. The largest absolute Gasteiger partial charge is 0.468 e. The highest BCUT2D eigenvalue weighted by Crippen LogP contribution is 2.26. The van der Waals surface area contributed by atoms with Gasteiger partial charge in [-0.1, -0.05) is 53.5 Å². The summed E-state index contributed by atoms with van der Waals surface area (Å²) < 4.78 is 4.69. The first kappa shape index (κ1) is 17.8. The number of benzene rings is 2. The van der Waals surface area contributed by atoms with Crippen molar-refractivity contribution in [1.82, 2.24) is 5.43 Å². The number of halogens is 2. The molecule has 0 amide bonds. The van der Waals surface area contributed by atoms with Crippen molar-refractivity contribution in [3.63, 3.8) is 0 Å². The highest BCUT2D eigenvalue weighted by Gasteiger charge is 2.17. The van der Waals surface area contributed by atoms with Gasteiger partial charge in [-0.25, -0.2) is 5.43 Å². The molecule has 1 atom stereocenters. The summed E-state index contributed by atoms with van der Waals surface area (Å²) in [6, 6.07) is 12.8. The Morgan fingerprint density at radius 3 is 2.22 bits per heavy atom. The van der Waals surface area contributed by atoms with Gasteiger partial charge in [0, 0.05) is 16.5 Å². The minimum Gasteiger partial charge on any atom is -0.468 e. The van der Waals surface area contributed by atoms with Gasteiger partial charge in [0.25, 0.3) is 0 Å². The Morgan fingerprint density at radius 1 is 1.13 bits per heavy atom. The number of hydrogen-bond acceptors (Lipinski definition) is 4. The number of carbonyl (C=O) groups is 1. The highest BCUT2D eigenvalue weighted by atomic mass is 35.5. The van der Waals surface area contributed by atoms with Crippen LogP contribution < -0.4 is 11.3 Å². The first-order chi connectivity index (χ1) is 11.0.